The highest BCUT2D eigenvalue weighted by molar-refractivity contribution is 6.30. The molecular weight excluding hydrogens is 361 g/mol. The maximum Gasteiger partial charge on any atom is 0.305 e. The largest absolute Gasteiger partial charge is 0.469 e. The van der Waals surface area contributed by atoms with Gasteiger partial charge in [-0.1, -0.05) is 52.6 Å². The molecule has 0 fully saturated rings. The molecule has 2 aromatic rings. The van der Waals surface area contributed by atoms with E-state index in [1.165, 1.54) is 7.11 Å². The Labute approximate surface area is 156 Å². The van der Waals surface area contributed by atoms with Crippen molar-refractivity contribution in [3.05, 3.63) is 80.1 Å². The molecule has 0 spiro atoms. The summed E-state index contributed by atoms with van der Waals surface area (Å²) < 4.78 is 4.74. The first-order chi connectivity index (χ1) is 12.0. The zero-order valence-electron chi connectivity index (χ0n) is 13.6. The fraction of sp³-hybridized carbons (Fsp3) is 0.278. The molecule has 0 saturated carbocycles. The number of halogens is 2. The van der Waals surface area contributed by atoms with Crippen LogP contribution in [0.1, 0.15) is 35.9 Å². The topological polar surface area (TPSA) is 75.1 Å². The van der Waals surface area contributed by atoms with Crippen LogP contribution in [0.15, 0.2) is 53.6 Å². The molecule has 0 heterocycles. The summed E-state index contributed by atoms with van der Waals surface area (Å²) >= 11 is 12.1. The lowest BCUT2D eigenvalue weighted by Gasteiger charge is -2.24. The quantitative estimate of drug-likeness (QED) is 0.253. The summed E-state index contributed by atoms with van der Waals surface area (Å²) in [5, 5.41) is 5.15. The van der Waals surface area contributed by atoms with Gasteiger partial charge in [-0.15, -0.1) is 0 Å². The number of azide groups is 1. The molecular formula is C18H17Cl2N3O2. The van der Waals surface area contributed by atoms with Crippen LogP contribution in [0.2, 0.25) is 10.0 Å². The Morgan fingerprint density at radius 3 is 2.48 bits per heavy atom. The van der Waals surface area contributed by atoms with Crippen LogP contribution in [0.25, 0.3) is 10.4 Å². The van der Waals surface area contributed by atoms with Crippen LogP contribution < -0.4 is 0 Å². The van der Waals surface area contributed by atoms with Gasteiger partial charge in [-0.2, -0.15) is 0 Å². The van der Waals surface area contributed by atoms with Gasteiger partial charge in [0, 0.05) is 21.4 Å². The van der Waals surface area contributed by atoms with E-state index < -0.39 is 6.04 Å². The molecule has 0 aromatic heterocycles. The Kier molecular flexibility index (Phi) is 7.14. The van der Waals surface area contributed by atoms with Crippen LogP contribution in [0.4, 0.5) is 0 Å². The molecule has 2 atom stereocenters. The third-order valence-corrected chi connectivity index (χ3v) is 4.42. The SMILES string of the molecule is COC(=O)CC[C@H](c1cccc(Cl)c1)[C@H](N=[N+]=[N-])c1ccc(Cl)cc1. The second-order valence-corrected chi connectivity index (χ2v) is 6.35. The molecule has 0 amide bonds. The number of carbonyl (C=O) groups excluding carboxylic acids is 1. The summed E-state index contributed by atoms with van der Waals surface area (Å²) in [4.78, 5) is 14.6. The van der Waals surface area contributed by atoms with E-state index in [0.717, 1.165) is 11.1 Å². The minimum absolute atomic E-state index is 0.207. The van der Waals surface area contributed by atoms with E-state index in [0.29, 0.717) is 16.5 Å². The van der Waals surface area contributed by atoms with Crippen molar-refractivity contribution in [1.29, 1.82) is 0 Å². The van der Waals surface area contributed by atoms with E-state index in [1.807, 2.05) is 30.3 Å². The normalized spacial score (nSPS) is 12.8. The predicted octanol–water partition coefficient (Wildman–Crippen LogP) is 6.08. The third-order valence-electron chi connectivity index (χ3n) is 3.93. The van der Waals surface area contributed by atoms with E-state index in [9.17, 15) is 4.79 Å². The summed E-state index contributed by atoms with van der Waals surface area (Å²) in [7, 11) is 1.35. The second kappa shape index (κ2) is 9.33. The Morgan fingerprint density at radius 2 is 1.88 bits per heavy atom. The van der Waals surface area contributed by atoms with Crippen LogP contribution in [0, 0.1) is 0 Å². The first kappa shape index (κ1) is 19.1. The number of nitrogens with zero attached hydrogens (tertiary/aromatic N) is 3. The molecule has 2 aromatic carbocycles. The number of ether oxygens (including phenoxy) is 1. The molecule has 0 N–H and O–H groups in total. The average Bonchev–Trinajstić information content (AvgIpc) is 2.61. The molecule has 0 radical (unpaired) electrons. The zero-order chi connectivity index (χ0) is 18.2. The van der Waals surface area contributed by atoms with Gasteiger partial charge in [0.25, 0.3) is 0 Å². The molecule has 5 nitrogen and oxygen atoms in total. The van der Waals surface area contributed by atoms with E-state index in [4.69, 9.17) is 33.5 Å². The van der Waals surface area contributed by atoms with Crippen molar-refractivity contribution in [2.24, 2.45) is 5.11 Å². The maximum atomic E-state index is 11.6. The van der Waals surface area contributed by atoms with Gasteiger partial charge in [0.2, 0.25) is 0 Å². The highest BCUT2D eigenvalue weighted by Gasteiger charge is 2.25. The molecule has 130 valence electrons. The average molecular weight is 378 g/mol. The third kappa shape index (κ3) is 5.40. The Balaban J connectivity index is 2.43. The number of carbonyl (C=O) groups is 1. The van der Waals surface area contributed by atoms with Crippen molar-refractivity contribution in [3.63, 3.8) is 0 Å². The molecule has 0 bridgehead atoms. The van der Waals surface area contributed by atoms with Gasteiger partial charge in [0.15, 0.2) is 0 Å². The van der Waals surface area contributed by atoms with Crippen LogP contribution >= 0.6 is 23.2 Å². The molecule has 25 heavy (non-hydrogen) atoms. The number of benzene rings is 2. The summed E-state index contributed by atoms with van der Waals surface area (Å²) in [6.45, 7) is 0. The highest BCUT2D eigenvalue weighted by Crippen LogP contribution is 2.39. The van der Waals surface area contributed by atoms with Gasteiger partial charge < -0.3 is 4.74 Å². The number of hydrogen-bond donors (Lipinski definition) is 0. The van der Waals surface area contributed by atoms with Crippen LogP contribution in [-0.4, -0.2) is 13.1 Å². The fourth-order valence-electron chi connectivity index (χ4n) is 2.71. The van der Waals surface area contributed by atoms with Crippen molar-refractivity contribution >= 4 is 29.2 Å². The summed E-state index contributed by atoms with van der Waals surface area (Å²) in [6, 6.07) is 14.0. The second-order valence-electron chi connectivity index (χ2n) is 5.48. The van der Waals surface area contributed by atoms with Gasteiger partial charge >= 0.3 is 5.97 Å². The summed E-state index contributed by atoms with van der Waals surface area (Å²) in [5.41, 5.74) is 10.8. The monoisotopic (exact) mass is 377 g/mol. The van der Waals surface area contributed by atoms with Crippen molar-refractivity contribution in [1.82, 2.24) is 0 Å². The lowest BCUT2D eigenvalue weighted by Crippen LogP contribution is -2.12. The number of methoxy groups -OCH3 is 1. The van der Waals surface area contributed by atoms with Crippen LogP contribution in [0.3, 0.4) is 0 Å². The first-order valence-electron chi connectivity index (χ1n) is 7.67. The van der Waals surface area contributed by atoms with E-state index >= 15 is 0 Å². The number of hydrogen-bond acceptors (Lipinski definition) is 3. The summed E-state index contributed by atoms with van der Waals surface area (Å²) in [5.74, 6) is -0.544. The molecule has 0 aliphatic heterocycles. The van der Waals surface area contributed by atoms with Gasteiger partial charge in [-0.25, -0.2) is 0 Å². The van der Waals surface area contributed by atoms with Crippen molar-refractivity contribution in [2.75, 3.05) is 7.11 Å². The minimum atomic E-state index is -0.495. The van der Waals surface area contributed by atoms with E-state index in [-0.39, 0.29) is 18.3 Å². The van der Waals surface area contributed by atoms with Gasteiger partial charge in [0.05, 0.1) is 13.2 Å². The highest BCUT2D eigenvalue weighted by atomic mass is 35.5. The number of rotatable bonds is 7. The minimum Gasteiger partial charge on any atom is -0.469 e. The first-order valence-corrected chi connectivity index (χ1v) is 8.42. The molecule has 0 unspecified atom stereocenters. The van der Waals surface area contributed by atoms with E-state index in [1.54, 1.807) is 18.2 Å². The summed E-state index contributed by atoms with van der Waals surface area (Å²) in [6.07, 6.45) is 0.665. The van der Waals surface area contributed by atoms with Crippen LogP contribution in [-0.2, 0) is 9.53 Å². The molecule has 0 saturated heterocycles. The lowest BCUT2D eigenvalue weighted by molar-refractivity contribution is -0.140. The lowest BCUT2D eigenvalue weighted by atomic mass is 9.84. The zero-order valence-corrected chi connectivity index (χ0v) is 15.1. The Bertz CT molecular complexity index is 774. The van der Waals surface area contributed by atoms with E-state index in [2.05, 4.69) is 10.0 Å². The Hall–Kier alpha value is -2.20. The van der Waals surface area contributed by atoms with Crippen molar-refractivity contribution < 1.29 is 9.53 Å². The molecule has 0 aliphatic carbocycles. The van der Waals surface area contributed by atoms with Crippen LogP contribution in [0.5, 0.6) is 0 Å². The molecule has 0 aliphatic rings. The fourth-order valence-corrected chi connectivity index (χ4v) is 3.04. The number of esters is 1. The molecule has 7 heteroatoms. The van der Waals surface area contributed by atoms with Gasteiger partial charge in [-0.3, -0.25) is 4.79 Å². The van der Waals surface area contributed by atoms with Crippen molar-refractivity contribution in [3.8, 4) is 0 Å². The molecule has 2 rings (SSSR count). The standard InChI is InChI=1S/C18H17Cl2N3O2/c1-25-17(24)10-9-16(13-3-2-4-15(20)11-13)18(22-23-21)12-5-7-14(19)8-6-12/h2-8,11,16,18H,9-10H2,1H3/t16-,18-/m1/s1. The van der Waals surface area contributed by atoms with Gasteiger partial charge in [0.1, 0.15) is 0 Å². The smallest absolute Gasteiger partial charge is 0.305 e. The van der Waals surface area contributed by atoms with Crippen molar-refractivity contribution in [2.45, 2.75) is 24.8 Å². The Morgan fingerprint density at radius 1 is 1.16 bits per heavy atom. The van der Waals surface area contributed by atoms with Gasteiger partial charge in [-0.05, 0) is 53.3 Å². The maximum absolute atomic E-state index is 11.6. The predicted molar refractivity (Wildman–Crippen MR) is 98.8 cm³/mol.